The lowest BCUT2D eigenvalue weighted by Crippen LogP contribution is -2.35. The van der Waals surface area contributed by atoms with Crippen LogP contribution in [0.2, 0.25) is 0 Å². The van der Waals surface area contributed by atoms with Crippen LogP contribution in [-0.2, 0) is 0 Å². The smallest absolute Gasteiger partial charge is 0.236 e. The molecule has 0 radical (unpaired) electrons. The van der Waals surface area contributed by atoms with Crippen LogP contribution in [0.3, 0.4) is 0 Å². The van der Waals surface area contributed by atoms with E-state index in [0.717, 1.165) is 26.1 Å². The van der Waals surface area contributed by atoms with Gasteiger partial charge in [0.1, 0.15) is 0 Å². The number of benzene rings is 1. The maximum atomic E-state index is 14.0. The van der Waals surface area contributed by atoms with Crippen LogP contribution < -0.4 is 20.7 Å². The number of anilines is 4. The van der Waals surface area contributed by atoms with Crippen LogP contribution in [0.15, 0.2) is 18.2 Å². The lowest BCUT2D eigenvalue weighted by molar-refractivity contribution is 0.277. The van der Waals surface area contributed by atoms with Gasteiger partial charge in [-0.05, 0) is 38.1 Å². The van der Waals surface area contributed by atoms with E-state index >= 15 is 0 Å². The molecule has 1 fully saturated rings. The van der Waals surface area contributed by atoms with E-state index in [1.165, 1.54) is 19.6 Å². The number of hydrogen-bond donors (Lipinski definition) is 2. The molecule has 9 heteroatoms. The summed E-state index contributed by atoms with van der Waals surface area (Å²) in [5, 5.41) is 3.26. The quantitative estimate of drug-likeness (QED) is 0.761. The van der Waals surface area contributed by atoms with Crippen LogP contribution in [-0.4, -0.2) is 59.7 Å². The first kappa shape index (κ1) is 19.1. The number of methoxy groups -OCH3 is 1. The normalized spacial score (nSPS) is 17.1. The van der Waals surface area contributed by atoms with Gasteiger partial charge in [-0.2, -0.15) is 15.0 Å². The Hall–Kier alpha value is -2.68. The van der Waals surface area contributed by atoms with E-state index in [1.807, 2.05) is 0 Å². The molecule has 0 bridgehead atoms. The third-order valence-electron chi connectivity index (χ3n) is 4.86. The minimum Gasteiger partial charge on any atom is -0.494 e. The molecule has 0 aliphatic carbocycles. The predicted octanol–water partition coefficient (Wildman–Crippen LogP) is 2.27. The summed E-state index contributed by atoms with van der Waals surface area (Å²) in [5.74, 6) is 0.599. The molecule has 1 aliphatic rings. The second kappa shape index (κ2) is 8.34. The van der Waals surface area contributed by atoms with E-state index in [2.05, 4.69) is 32.1 Å². The molecular weight excluding hydrogens is 349 g/mol. The van der Waals surface area contributed by atoms with Crippen LogP contribution >= 0.6 is 0 Å². The maximum Gasteiger partial charge on any atom is 0.236 e. The summed E-state index contributed by atoms with van der Waals surface area (Å²) in [5.41, 5.74) is 6.44. The van der Waals surface area contributed by atoms with Gasteiger partial charge in [0.2, 0.25) is 17.8 Å². The lowest BCUT2D eigenvalue weighted by atomic mass is 10.2. The first-order valence-electron chi connectivity index (χ1n) is 9.08. The zero-order valence-electron chi connectivity index (χ0n) is 15.9. The summed E-state index contributed by atoms with van der Waals surface area (Å²) in [7, 11) is 3.17. The van der Waals surface area contributed by atoms with Crippen LogP contribution in [0.1, 0.15) is 19.8 Å². The molecule has 8 nitrogen and oxygen atoms in total. The van der Waals surface area contributed by atoms with Crippen molar-refractivity contribution in [2.24, 2.45) is 0 Å². The Balaban J connectivity index is 1.75. The van der Waals surface area contributed by atoms with Crippen LogP contribution in [0.4, 0.5) is 27.9 Å². The third kappa shape index (κ3) is 4.36. The minimum atomic E-state index is -0.455. The fourth-order valence-electron chi connectivity index (χ4n) is 3.34. The van der Waals surface area contributed by atoms with Crippen molar-refractivity contribution >= 4 is 23.5 Å². The molecule has 2 heterocycles. The number of halogens is 1. The average molecular weight is 375 g/mol. The maximum absolute atomic E-state index is 14.0. The summed E-state index contributed by atoms with van der Waals surface area (Å²) in [6, 6.07) is 5.12. The average Bonchev–Trinajstić information content (AvgIpc) is 3.13. The number of likely N-dealkylation sites (N-methyl/N-ethyl adjacent to an activating group) is 1. The van der Waals surface area contributed by atoms with Crippen molar-refractivity contribution in [2.45, 2.75) is 25.8 Å². The molecule has 146 valence electrons. The number of aromatic nitrogens is 3. The van der Waals surface area contributed by atoms with Crippen LogP contribution in [0, 0.1) is 5.82 Å². The van der Waals surface area contributed by atoms with Gasteiger partial charge in [0.25, 0.3) is 0 Å². The van der Waals surface area contributed by atoms with Crippen molar-refractivity contribution in [1.29, 1.82) is 0 Å². The summed E-state index contributed by atoms with van der Waals surface area (Å²) in [6.45, 7) is 5.07. The minimum absolute atomic E-state index is 0.113. The molecule has 3 N–H and O–H groups in total. The number of ether oxygens (including phenoxy) is 1. The topological polar surface area (TPSA) is 92.4 Å². The van der Waals surface area contributed by atoms with E-state index in [9.17, 15) is 4.39 Å². The molecule has 1 unspecified atom stereocenters. The van der Waals surface area contributed by atoms with Gasteiger partial charge in [0, 0.05) is 31.4 Å². The standard InChI is InChI=1S/C18H26FN7O/c1-4-26-9-5-6-13(26)11-21-17-22-16(20)23-18(24-17)25(2)12-7-8-15(27-3)14(19)10-12/h7-8,10,13H,4-6,9,11H2,1-3H3,(H3,20,21,22,23,24). The fraction of sp³-hybridized carbons (Fsp3) is 0.500. The van der Waals surface area contributed by atoms with Crippen molar-refractivity contribution in [2.75, 3.05) is 49.7 Å². The molecule has 2 aromatic rings. The largest absolute Gasteiger partial charge is 0.494 e. The van der Waals surface area contributed by atoms with Crippen molar-refractivity contribution in [3.05, 3.63) is 24.0 Å². The highest BCUT2D eigenvalue weighted by molar-refractivity contribution is 5.59. The Morgan fingerprint density at radius 3 is 2.89 bits per heavy atom. The monoisotopic (exact) mass is 375 g/mol. The van der Waals surface area contributed by atoms with E-state index in [1.54, 1.807) is 24.1 Å². The van der Waals surface area contributed by atoms with Gasteiger partial charge in [-0.3, -0.25) is 4.90 Å². The Morgan fingerprint density at radius 1 is 1.37 bits per heavy atom. The molecule has 1 aromatic carbocycles. The Bertz CT molecular complexity index is 788. The van der Waals surface area contributed by atoms with Crippen LogP contribution in [0.5, 0.6) is 5.75 Å². The van der Waals surface area contributed by atoms with Gasteiger partial charge in [-0.15, -0.1) is 0 Å². The second-order valence-electron chi connectivity index (χ2n) is 6.50. The molecule has 0 saturated carbocycles. The molecule has 1 saturated heterocycles. The van der Waals surface area contributed by atoms with Crippen molar-refractivity contribution in [3.8, 4) is 5.75 Å². The molecule has 27 heavy (non-hydrogen) atoms. The molecule has 0 amide bonds. The number of nitrogens with zero attached hydrogens (tertiary/aromatic N) is 5. The van der Waals surface area contributed by atoms with E-state index < -0.39 is 5.82 Å². The highest BCUT2D eigenvalue weighted by Gasteiger charge is 2.23. The van der Waals surface area contributed by atoms with Gasteiger partial charge >= 0.3 is 0 Å². The number of nitrogen functional groups attached to an aromatic ring is 1. The highest BCUT2D eigenvalue weighted by atomic mass is 19.1. The summed E-state index contributed by atoms with van der Waals surface area (Å²) in [6.07, 6.45) is 2.36. The number of nitrogens with two attached hydrogens (primary N) is 1. The predicted molar refractivity (Wildman–Crippen MR) is 104 cm³/mol. The van der Waals surface area contributed by atoms with Gasteiger partial charge in [-0.1, -0.05) is 6.92 Å². The van der Waals surface area contributed by atoms with Gasteiger partial charge in [-0.25, -0.2) is 4.39 Å². The zero-order valence-corrected chi connectivity index (χ0v) is 15.9. The van der Waals surface area contributed by atoms with Crippen molar-refractivity contribution < 1.29 is 9.13 Å². The van der Waals surface area contributed by atoms with E-state index in [4.69, 9.17) is 10.5 Å². The highest BCUT2D eigenvalue weighted by Crippen LogP contribution is 2.27. The summed E-state index contributed by atoms with van der Waals surface area (Å²) < 4.78 is 19.0. The molecule has 3 rings (SSSR count). The van der Waals surface area contributed by atoms with E-state index in [-0.39, 0.29) is 11.7 Å². The molecular formula is C18H26FN7O. The molecule has 1 aromatic heterocycles. The second-order valence-corrected chi connectivity index (χ2v) is 6.50. The van der Waals surface area contributed by atoms with Gasteiger partial charge in [0.05, 0.1) is 7.11 Å². The molecule has 1 atom stereocenters. The van der Waals surface area contributed by atoms with Crippen molar-refractivity contribution in [1.82, 2.24) is 19.9 Å². The first-order chi connectivity index (χ1) is 13.0. The van der Waals surface area contributed by atoms with Gasteiger partial charge in [0.15, 0.2) is 11.6 Å². The van der Waals surface area contributed by atoms with E-state index in [0.29, 0.717) is 23.6 Å². The Morgan fingerprint density at radius 2 is 2.19 bits per heavy atom. The van der Waals surface area contributed by atoms with Crippen LogP contribution in [0.25, 0.3) is 0 Å². The zero-order chi connectivity index (χ0) is 19.4. The number of nitrogens with one attached hydrogen (secondary N) is 1. The number of likely N-dealkylation sites (tertiary alicyclic amines) is 1. The third-order valence-corrected chi connectivity index (χ3v) is 4.86. The summed E-state index contributed by atoms with van der Waals surface area (Å²) in [4.78, 5) is 16.9. The number of rotatable bonds is 7. The van der Waals surface area contributed by atoms with Gasteiger partial charge < -0.3 is 20.7 Å². The molecule has 1 aliphatic heterocycles. The fourth-order valence-corrected chi connectivity index (χ4v) is 3.34. The van der Waals surface area contributed by atoms with Crippen molar-refractivity contribution in [3.63, 3.8) is 0 Å². The number of hydrogen-bond acceptors (Lipinski definition) is 8. The first-order valence-corrected chi connectivity index (χ1v) is 9.08. The Labute approximate surface area is 158 Å². The lowest BCUT2D eigenvalue weighted by Gasteiger charge is -2.23. The SMILES string of the molecule is CCN1CCCC1CNc1nc(N)nc(N(C)c2ccc(OC)c(F)c2)n1. The summed E-state index contributed by atoms with van der Waals surface area (Å²) >= 11 is 0. The Kier molecular flexibility index (Phi) is 5.90. The molecule has 0 spiro atoms.